The molecule has 1 amide bonds. The number of amides is 1. The third kappa shape index (κ3) is 5.20. The largest absolute Gasteiger partial charge is 0.389 e. The van der Waals surface area contributed by atoms with Crippen LogP contribution >= 0.6 is 11.8 Å². The first-order valence-electron chi connectivity index (χ1n) is 6.19. The molecule has 1 aromatic rings. The van der Waals surface area contributed by atoms with Gasteiger partial charge in [0, 0.05) is 19.6 Å². The van der Waals surface area contributed by atoms with Gasteiger partial charge in [0.05, 0.1) is 11.4 Å². The van der Waals surface area contributed by atoms with Crippen LogP contribution in [0.25, 0.3) is 0 Å². The lowest BCUT2D eigenvalue weighted by Crippen LogP contribution is -2.40. The predicted molar refractivity (Wildman–Crippen MR) is 75.1 cm³/mol. The van der Waals surface area contributed by atoms with Crippen LogP contribution in [-0.4, -0.2) is 55.6 Å². The first-order valence-corrected chi connectivity index (χ1v) is 7.18. The summed E-state index contributed by atoms with van der Waals surface area (Å²) in [5.74, 6) is 0.253. The maximum atomic E-state index is 11.9. The summed E-state index contributed by atoms with van der Waals surface area (Å²) in [6.07, 6.45) is 1.66. The van der Waals surface area contributed by atoms with Crippen LogP contribution in [0.15, 0.2) is 11.5 Å². The van der Waals surface area contributed by atoms with E-state index < -0.39 is 5.60 Å². The van der Waals surface area contributed by atoms with Crippen molar-refractivity contribution in [2.45, 2.75) is 44.5 Å². The van der Waals surface area contributed by atoms with Crippen LogP contribution in [0.1, 0.15) is 33.7 Å². The summed E-state index contributed by atoms with van der Waals surface area (Å²) < 4.78 is 1.92. The molecule has 1 aromatic heterocycles. The van der Waals surface area contributed by atoms with Gasteiger partial charge in [-0.05, 0) is 27.7 Å². The Balaban J connectivity index is 2.52. The van der Waals surface area contributed by atoms with E-state index in [0.717, 1.165) is 5.16 Å². The molecule has 1 rings (SSSR count). The van der Waals surface area contributed by atoms with Gasteiger partial charge in [-0.3, -0.25) is 4.79 Å². The molecule has 0 aliphatic rings. The van der Waals surface area contributed by atoms with Crippen LogP contribution < -0.4 is 0 Å². The number of aliphatic hydroxyl groups is 1. The molecule has 0 radical (unpaired) electrons. The molecule has 6 nitrogen and oxygen atoms in total. The van der Waals surface area contributed by atoms with Crippen LogP contribution in [0, 0.1) is 0 Å². The van der Waals surface area contributed by atoms with Gasteiger partial charge >= 0.3 is 0 Å². The van der Waals surface area contributed by atoms with Gasteiger partial charge in [0.1, 0.15) is 6.33 Å². The van der Waals surface area contributed by atoms with Crippen LogP contribution in [-0.2, 0) is 4.79 Å². The van der Waals surface area contributed by atoms with Gasteiger partial charge in [0.2, 0.25) is 5.91 Å². The van der Waals surface area contributed by atoms with Gasteiger partial charge in [-0.25, -0.2) is 0 Å². The number of thioether (sulfide) groups is 1. The zero-order chi connectivity index (χ0) is 14.6. The smallest absolute Gasteiger partial charge is 0.232 e. The Morgan fingerprint density at radius 2 is 2.21 bits per heavy atom. The normalized spacial score (nSPS) is 11.9. The molecule has 0 aliphatic carbocycles. The van der Waals surface area contributed by atoms with Crippen LogP contribution in [0.5, 0.6) is 0 Å². The lowest BCUT2D eigenvalue weighted by Gasteiger charge is -2.25. The summed E-state index contributed by atoms with van der Waals surface area (Å²) in [7, 11) is 1.69. The second kappa shape index (κ2) is 6.38. The third-order valence-corrected chi connectivity index (χ3v) is 3.41. The molecule has 0 saturated carbocycles. The number of nitrogens with zero attached hydrogens (tertiary/aromatic N) is 4. The van der Waals surface area contributed by atoms with Gasteiger partial charge < -0.3 is 14.6 Å². The van der Waals surface area contributed by atoms with Crippen LogP contribution in [0.4, 0.5) is 0 Å². The van der Waals surface area contributed by atoms with E-state index in [-0.39, 0.29) is 17.7 Å². The lowest BCUT2D eigenvalue weighted by molar-refractivity contribution is -0.129. The Bertz CT molecular complexity index is 426. The fraction of sp³-hybridized carbons (Fsp3) is 0.750. The average molecular weight is 286 g/mol. The summed E-state index contributed by atoms with van der Waals surface area (Å²) in [5, 5.41) is 18.3. The highest BCUT2D eigenvalue weighted by Crippen LogP contribution is 2.19. The zero-order valence-electron chi connectivity index (χ0n) is 12.1. The zero-order valence-corrected chi connectivity index (χ0v) is 12.9. The number of likely N-dealkylation sites (N-methyl/N-ethyl adjacent to an activating group) is 1. The molecule has 0 saturated heterocycles. The molecule has 0 unspecified atom stereocenters. The van der Waals surface area contributed by atoms with E-state index in [1.807, 2.05) is 18.4 Å². The second-order valence-electron chi connectivity index (χ2n) is 5.47. The van der Waals surface area contributed by atoms with Crippen molar-refractivity contribution in [2.24, 2.45) is 0 Å². The number of hydrogen-bond acceptors (Lipinski definition) is 5. The molecule has 108 valence electrons. The molecule has 0 spiro atoms. The summed E-state index contributed by atoms with van der Waals surface area (Å²) >= 11 is 1.36. The number of hydrogen-bond donors (Lipinski definition) is 1. The van der Waals surface area contributed by atoms with Gasteiger partial charge in [-0.15, -0.1) is 10.2 Å². The minimum atomic E-state index is -0.882. The minimum Gasteiger partial charge on any atom is -0.389 e. The van der Waals surface area contributed by atoms with E-state index in [1.165, 1.54) is 16.7 Å². The number of carbonyl (C=O) groups is 1. The van der Waals surface area contributed by atoms with Crippen molar-refractivity contribution in [3.63, 3.8) is 0 Å². The Hall–Kier alpha value is -1.08. The lowest BCUT2D eigenvalue weighted by atomic mass is 10.1. The fourth-order valence-corrected chi connectivity index (χ4v) is 2.58. The summed E-state index contributed by atoms with van der Waals surface area (Å²) in [6, 6.07) is 0.265. The standard InChI is InChI=1S/C12H22N4O2S/c1-9(2)16-8-13-14-11(16)19-6-10(17)15(5)7-12(3,4)18/h8-9,18H,6-7H2,1-5H3. The van der Waals surface area contributed by atoms with Crippen molar-refractivity contribution < 1.29 is 9.90 Å². The average Bonchev–Trinajstić information content (AvgIpc) is 2.71. The van der Waals surface area contributed by atoms with Gasteiger partial charge in [0.25, 0.3) is 0 Å². The second-order valence-corrected chi connectivity index (χ2v) is 6.41. The summed E-state index contributed by atoms with van der Waals surface area (Å²) in [4.78, 5) is 13.5. The molecule has 0 atom stereocenters. The van der Waals surface area contributed by atoms with Gasteiger partial charge in [-0.2, -0.15) is 0 Å². The summed E-state index contributed by atoms with van der Waals surface area (Å²) in [6.45, 7) is 7.74. The number of carbonyl (C=O) groups excluding carboxylic acids is 1. The van der Waals surface area contributed by atoms with E-state index in [4.69, 9.17) is 0 Å². The molecule has 7 heteroatoms. The first-order chi connectivity index (χ1) is 8.70. The molecular weight excluding hydrogens is 264 g/mol. The number of rotatable bonds is 6. The highest BCUT2D eigenvalue weighted by molar-refractivity contribution is 7.99. The topological polar surface area (TPSA) is 71.2 Å². The quantitative estimate of drug-likeness (QED) is 0.795. The van der Waals surface area contributed by atoms with E-state index in [2.05, 4.69) is 10.2 Å². The molecule has 0 bridgehead atoms. The van der Waals surface area contributed by atoms with E-state index in [9.17, 15) is 9.90 Å². The SMILES string of the molecule is CC(C)n1cnnc1SCC(=O)N(C)CC(C)(C)O. The van der Waals surface area contributed by atoms with Gasteiger partial charge in [-0.1, -0.05) is 11.8 Å². The Morgan fingerprint density at radius 1 is 1.58 bits per heavy atom. The first kappa shape index (κ1) is 16.0. The molecule has 19 heavy (non-hydrogen) atoms. The number of aromatic nitrogens is 3. The van der Waals surface area contributed by atoms with Crippen LogP contribution in [0.3, 0.4) is 0 Å². The van der Waals surface area contributed by atoms with Crippen LogP contribution in [0.2, 0.25) is 0 Å². The monoisotopic (exact) mass is 286 g/mol. The van der Waals surface area contributed by atoms with Crippen molar-refractivity contribution in [1.29, 1.82) is 0 Å². The summed E-state index contributed by atoms with van der Waals surface area (Å²) in [5.41, 5.74) is -0.882. The Morgan fingerprint density at radius 3 is 2.74 bits per heavy atom. The van der Waals surface area contributed by atoms with Gasteiger partial charge in [0.15, 0.2) is 5.16 Å². The third-order valence-electron chi connectivity index (χ3n) is 2.47. The Labute approximate surface area is 118 Å². The highest BCUT2D eigenvalue weighted by Gasteiger charge is 2.20. The van der Waals surface area contributed by atoms with Crippen molar-refractivity contribution >= 4 is 17.7 Å². The van der Waals surface area contributed by atoms with Crippen molar-refractivity contribution in [2.75, 3.05) is 19.3 Å². The molecule has 0 fully saturated rings. The maximum absolute atomic E-state index is 11.9. The van der Waals surface area contributed by atoms with Crippen molar-refractivity contribution in [1.82, 2.24) is 19.7 Å². The molecule has 0 aliphatic heterocycles. The van der Waals surface area contributed by atoms with E-state index >= 15 is 0 Å². The van der Waals surface area contributed by atoms with E-state index in [0.29, 0.717) is 6.54 Å². The maximum Gasteiger partial charge on any atom is 0.232 e. The molecular formula is C12H22N4O2S. The molecule has 0 aromatic carbocycles. The fourth-order valence-electron chi connectivity index (χ4n) is 1.59. The van der Waals surface area contributed by atoms with E-state index in [1.54, 1.807) is 27.2 Å². The minimum absolute atomic E-state index is 0.0366. The molecule has 1 heterocycles. The predicted octanol–water partition coefficient (Wildman–Crippen LogP) is 1.18. The Kier molecular flexibility index (Phi) is 5.37. The van der Waals surface area contributed by atoms with Crippen molar-refractivity contribution in [3.8, 4) is 0 Å². The van der Waals surface area contributed by atoms with Crippen molar-refractivity contribution in [3.05, 3.63) is 6.33 Å². The molecule has 1 N–H and O–H groups in total. The highest BCUT2D eigenvalue weighted by atomic mass is 32.2.